The molecule has 0 saturated heterocycles. The average Bonchev–Trinajstić information content (AvgIpc) is 3.03. The second-order valence-corrected chi connectivity index (χ2v) is 5.71. The van der Waals surface area contributed by atoms with Crippen LogP contribution in [-0.4, -0.2) is 21.1 Å². The number of rotatable bonds is 4. The summed E-state index contributed by atoms with van der Waals surface area (Å²) in [5.74, 6) is -0.381. The number of esters is 1. The lowest BCUT2D eigenvalue weighted by atomic mass is 10.2. The predicted molar refractivity (Wildman–Crippen MR) is 91.8 cm³/mol. The fourth-order valence-corrected chi connectivity index (χ4v) is 2.66. The molecule has 6 nitrogen and oxygen atoms in total. The van der Waals surface area contributed by atoms with Crippen LogP contribution in [0.2, 0.25) is 0 Å². The second kappa shape index (κ2) is 6.32. The molecule has 0 radical (unpaired) electrons. The number of carbonyl (C=O) groups excluding carboxylic acids is 1. The van der Waals surface area contributed by atoms with Gasteiger partial charge in [0.15, 0.2) is 5.58 Å². The summed E-state index contributed by atoms with van der Waals surface area (Å²) in [4.78, 5) is 21.2. The smallest absolute Gasteiger partial charge is 0.312 e. The molecule has 0 atom stereocenters. The van der Waals surface area contributed by atoms with E-state index in [1.54, 1.807) is 0 Å². The molecule has 2 aromatic heterocycles. The molecule has 4 rings (SSSR count). The molecule has 6 heteroatoms. The monoisotopic (exact) mass is 333 g/mol. The van der Waals surface area contributed by atoms with Crippen molar-refractivity contribution in [2.75, 3.05) is 0 Å². The van der Waals surface area contributed by atoms with E-state index in [4.69, 9.17) is 9.26 Å². The van der Waals surface area contributed by atoms with Crippen LogP contribution in [0.25, 0.3) is 22.0 Å². The van der Waals surface area contributed by atoms with Gasteiger partial charge in [0.1, 0.15) is 12.3 Å². The summed E-state index contributed by atoms with van der Waals surface area (Å²) in [6, 6.07) is 15.0. The molecular weight excluding hydrogens is 318 g/mol. The molecule has 0 aliphatic carbocycles. The van der Waals surface area contributed by atoms with Crippen molar-refractivity contribution in [1.82, 2.24) is 15.1 Å². The molecule has 2 heterocycles. The Morgan fingerprint density at radius 1 is 1.00 bits per heavy atom. The summed E-state index contributed by atoms with van der Waals surface area (Å²) in [5.41, 5.74) is 4.23. The van der Waals surface area contributed by atoms with Crippen molar-refractivity contribution < 1.29 is 14.1 Å². The Labute approximate surface area is 143 Å². The first kappa shape index (κ1) is 15.3. The SMILES string of the molecule is Cc1nc2ccccc2nc1COC(=O)Cc1noc2ccccc12. The van der Waals surface area contributed by atoms with Gasteiger partial charge in [0.25, 0.3) is 0 Å². The van der Waals surface area contributed by atoms with Crippen molar-refractivity contribution in [1.29, 1.82) is 0 Å². The first-order valence-electron chi connectivity index (χ1n) is 7.92. The van der Waals surface area contributed by atoms with Crippen molar-refractivity contribution in [3.8, 4) is 0 Å². The van der Waals surface area contributed by atoms with Crippen LogP contribution >= 0.6 is 0 Å². The van der Waals surface area contributed by atoms with E-state index < -0.39 is 0 Å². The average molecular weight is 333 g/mol. The van der Waals surface area contributed by atoms with E-state index in [1.807, 2.05) is 55.5 Å². The summed E-state index contributed by atoms with van der Waals surface area (Å²) in [5, 5.41) is 4.77. The number of aromatic nitrogens is 3. The zero-order chi connectivity index (χ0) is 17.2. The largest absolute Gasteiger partial charge is 0.459 e. The quantitative estimate of drug-likeness (QED) is 0.533. The summed E-state index contributed by atoms with van der Waals surface area (Å²) in [6.45, 7) is 1.94. The summed E-state index contributed by atoms with van der Waals surface area (Å²) >= 11 is 0. The number of fused-ring (bicyclic) bond motifs is 2. The highest BCUT2D eigenvalue weighted by Crippen LogP contribution is 2.19. The van der Waals surface area contributed by atoms with Gasteiger partial charge in [-0.25, -0.2) is 9.97 Å². The van der Waals surface area contributed by atoms with Crippen molar-refractivity contribution in [2.24, 2.45) is 0 Å². The molecule has 0 N–H and O–H groups in total. The molecule has 0 fully saturated rings. The number of aryl methyl sites for hydroxylation is 1. The highest BCUT2D eigenvalue weighted by Gasteiger charge is 2.14. The lowest BCUT2D eigenvalue weighted by molar-refractivity contribution is -0.144. The van der Waals surface area contributed by atoms with Gasteiger partial charge in [-0.05, 0) is 31.2 Å². The first-order valence-corrected chi connectivity index (χ1v) is 7.92. The Hall–Kier alpha value is -3.28. The van der Waals surface area contributed by atoms with Gasteiger partial charge in [-0.1, -0.05) is 29.4 Å². The van der Waals surface area contributed by atoms with Gasteiger partial charge in [-0.15, -0.1) is 0 Å². The van der Waals surface area contributed by atoms with Crippen LogP contribution in [0.3, 0.4) is 0 Å². The van der Waals surface area contributed by atoms with E-state index in [1.165, 1.54) is 0 Å². The van der Waals surface area contributed by atoms with E-state index >= 15 is 0 Å². The van der Waals surface area contributed by atoms with E-state index in [2.05, 4.69) is 15.1 Å². The van der Waals surface area contributed by atoms with E-state index in [0.29, 0.717) is 17.0 Å². The maximum absolute atomic E-state index is 12.2. The fraction of sp³-hybridized carbons (Fsp3) is 0.158. The minimum absolute atomic E-state index is 0.0526. The Kier molecular flexibility index (Phi) is 3.85. The molecule has 4 aromatic rings. The van der Waals surface area contributed by atoms with Gasteiger partial charge in [0, 0.05) is 5.39 Å². The van der Waals surface area contributed by atoms with Gasteiger partial charge >= 0.3 is 5.97 Å². The first-order chi connectivity index (χ1) is 12.2. The number of hydrogen-bond donors (Lipinski definition) is 0. The minimum atomic E-state index is -0.381. The van der Waals surface area contributed by atoms with Crippen molar-refractivity contribution in [3.05, 3.63) is 65.6 Å². The van der Waals surface area contributed by atoms with Crippen LogP contribution < -0.4 is 0 Å². The normalized spacial score (nSPS) is 11.1. The molecule has 0 amide bonds. The van der Waals surface area contributed by atoms with Crippen LogP contribution in [0.5, 0.6) is 0 Å². The zero-order valence-corrected chi connectivity index (χ0v) is 13.6. The third-order valence-corrected chi connectivity index (χ3v) is 3.98. The van der Waals surface area contributed by atoms with Crippen molar-refractivity contribution in [2.45, 2.75) is 20.0 Å². The van der Waals surface area contributed by atoms with E-state index in [0.717, 1.165) is 22.1 Å². The zero-order valence-electron chi connectivity index (χ0n) is 13.6. The Morgan fingerprint density at radius 3 is 2.56 bits per heavy atom. The highest BCUT2D eigenvalue weighted by atomic mass is 16.5. The molecule has 0 spiro atoms. The Balaban J connectivity index is 1.48. The van der Waals surface area contributed by atoms with E-state index in [9.17, 15) is 4.79 Å². The van der Waals surface area contributed by atoms with Gasteiger partial charge < -0.3 is 9.26 Å². The Morgan fingerprint density at radius 2 is 1.72 bits per heavy atom. The molecule has 0 bridgehead atoms. The molecule has 124 valence electrons. The number of ether oxygens (including phenoxy) is 1. The molecule has 0 aliphatic rings. The number of para-hydroxylation sites is 3. The maximum atomic E-state index is 12.2. The standard InChI is InChI=1S/C19H15N3O3/c1-12-17(21-15-8-4-3-7-14(15)20-12)11-24-19(23)10-16-13-6-2-5-9-18(13)25-22-16/h2-9H,10-11H2,1H3. The highest BCUT2D eigenvalue weighted by molar-refractivity contribution is 5.84. The lowest BCUT2D eigenvalue weighted by Crippen LogP contribution is -2.10. The van der Waals surface area contributed by atoms with Gasteiger partial charge in [0.05, 0.1) is 28.8 Å². The second-order valence-electron chi connectivity index (χ2n) is 5.71. The van der Waals surface area contributed by atoms with Crippen molar-refractivity contribution >= 4 is 28.0 Å². The van der Waals surface area contributed by atoms with Gasteiger partial charge in [0.2, 0.25) is 0 Å². The van der Waals surface area contributed by atoms with Crippen LogP contribution in [0.4, 0.5) is 0 Å². The molecular formula is C19H15N3O3. The lowest BCUT2D eigenvalue weighted by Gasteiger charge is -2.07. The number of benzene rings is 2. The van der Waals surface area contributed by atoms with Crippen LogP contribution in [-0.2, 0) is 22.6 Å². The summed E-state index contributed by atoms with van der Waals surface area (Å²) < 4.78 is 10.6. The summed E-state index contributed by atoms with van der Waals surface area (Å²) in [7, 11) is 0. The van der Waals surface area contributed by atoms with Crippen LogP contribution in [0.15, 0.2) is 53.1 Å². The third kappa shape index (κ3) is 3.06. The number of carbonyl (C=O) groups is 1. The van der Waals surface area contributed by atoms with Crippen LogP contribution in [0.1, 0.15) is 17.1 Å². The van der Waals surface area contributed by atoms with E-state index in [-0.39, 0.29) is 19.0 Å². The van der Waals surface area contributed by atoms with Gasteiger partial charge in [-0.3, -0.25) is 4.79 Å². The molecule has 0 unspecified atom stereocenters. The van der Waals surface area contributed by atoms with Gasteiger partial charge in [-0.2, -0.15) is 0 Å². The van der Waals surface area contributed by atoms with Crippen molar-refractivity contribution in [3.63, 3.8) is 0 Å². The minimum Gasteiger partial charge on any atom is -0.459 e. The third-order valence-electron chi connectivity index (χ3n) is 3.98. The predicted octanol–water partition coefficient (Wildman–Crippen LogP) is 3.37. The molecule has 0 saturated carbocycles. The number of hydrogen-bond acceptors (Lipinski definition) is 6. The molecule has 2 aromatic carbocycles. The molecule has 25 heavy (non-hydrogen) atoms. The molecule has 0 aliphatic heterocycles. The van der Waals surface area contributed by atoms with Crippen LogP contribution in [0, 0.1) is 6.92 Å². The topological polar surface area (TPSA) is 78.1 Å². The Bertz CT molecular complexity index is 1070. The maximum Gasteiger partial charge on any atom is 0.312 e. The fourth-order valence-electron chi connectivity index (χ4n) is 2.66. The number of nitrogens with zero attached hydrogens (tertiary/aromatic N) is 3. The summed E-state index contributed by atoms with van der Waals surface area (Å²) in [6.07, 6.45) is 0.0526.